The van der Waals surface area contributed by atoms with Crippen LogP contribution in [-0.4, -0.2) is 50.3 Å². The molecule has 0 spiro atoms. The van der Waals surface area contributed by atoms with Crippen LogP contribution in [-0.2, 0) is 14.8 Å². The van der Waals surface area contributed by atoms with Gasteiger partial charge in [0.1, 0.15) is 0 Å². The van der Waals surface area contributed by atoms with E-state index in [2.05, 4.69) is 0 Å². The molecule has 0 bridgehead atoms. The fraction of sp³-hybridized carbons (Fsp3) is 1.00. The van der Waals surface area contributed by atoms with Crippen LogP contribution < -0.4 is 5.73 Å². The fourth-order valence-electron chi connectivity index (χ4n) is 2.98. The molecule has 0 aromatic rings. The molecule has 112 valence electrons. The average Bonchev–Trinajstić information content (AvgIpc) is 2.94. The molecule has 2 N–H and O–H groups in total. The summed E-state index contributed by atoms with van der Waals surface area (Å²) in [7, 11) is -3.05. The quantitative estimate of drug-likeness (QED) is 0.743. The number of ether oxygens (including phenoxy) is 1. The van der Waals surface area contributed by atoms with E-state index in [-0.39, 0.29) is 11.4 Å². The Morgan fingerprint density at radius 3 is 2.32 bits per heavy atom. The molecule has 2 rings (SSSR count). The van der Waals surface area contributed by atoms with E-state index in [0.29, 0.717) is 26.2 Å². The molecule has 19 heavy (non-hydrogen) atoms. The Morgan fingerprint density at radius 2 is 1.74 bits per heavy atom. The van der Waals surface area contributed by atoms with Gasteiger partial charge in [-0.2, -0.15) is 0 Å². The summed E-state index contributed by atoms with van der Waals surface area (Å²) in [5.74, 6) is 0. The highest BCUT2D eigenvalue weighted by Crippen LogP contribution is 2.29. The van der Waals surface area contributed by atoms with Crippen molar-refractivity contribution in [2.24, 2.45) is 5.73 Å². The van der Waals surface area contributed by atoms with E-state index in [9.17, 15) is 8.42 Å². The van der Waals surface area contributed by atoms with Gasteiger partial charge in [0.25, 0.3) is 0 Å². The van der Waals surface area contributed by atoms with Crippen LogP contribution in [0.3, 0.4) is 0 Å². The summed E-state index contributed by atoms with van der Waals surface area (Å²) < 4.78 is 32.2. The summed E-state index contributed by atoms with van der Waals surface area (Å²) in [4.78, 5) is 0. The molecule has 1 aliphatic heterocycles. The van der Waals surface area contributed by atoms with Crippen LogP contribution in [0.4, 0.5) is 0 Å². The first-order valence-electron chi connectivity index (χ1n) is 7.45. The van der Waals surface area contributed by atoms with Crippen molar-refractivity contribution in [1.29, 1.82) is 0 Å². The number of hydrogen-bond acceptors (Lipinski definition) is 4. The number of nitrogens with two attached hydrogens (primary N) is 1. The second kappa shape index (κ2) is 7.02. The van der Waals surface area contributed by atoms with Gasteiger partial charge in [0.15, 0.2) is 0 Å². The van der Waals surface area contributed by atoms with Gasteiger partial charge in [-0.25, -0.2) is 12.7 Å². The van der Waals surface area contributed by atoms with E-state index in [0.717, 1.165) is 44.9 Å². The molecule has 6 heteroatoms. The Kier molecular flexibility index (Phi) is 5.62. The van der Waals surface area contributed by atoms with Gasteiger partial charge in [0, 0.05) is 19.7 Å². The van der Waals surface area contributed by atoms with Gasteiger partial charge in [0.05, 0.1) is 11.4 Å². The van der Waals surface area contributed by atoms with E-state index < -0.39 is 10.0 Å². The normalized spacial score (nSPS) is 24.1. The molecule has 0 amide bonds. The molecule has 0 unspecified atom stereocenters. The van der Waals surface area contributed by atoms with Crippen molar-refractivity contribution in [3.63, 3.8) is 0 Å². The van der Waals surface area contributed by atoms with Gasteiger partial charge in [-0.05, 0) is 38.6 Å². The minimum Gasteiger partial charge on any atom is -0.378 e. The molecule has 0 radical (unpaired) electrons. The highest BCUT2D eigenvalue weighted by molar-refractivity contribution is 7.89. The van der Waals surface area contributed by atoms with Gasteiger partial charge in [-0.15, -0.1) is 0 Å². The van der Waals surface area contributed by atoms with Crippen molar-refractivity contribution < 1.29 is 13.2 Å². The van der Waals surface area contributed by atoms with E-state index in [1.807, 2.05) is 0 Å². The van der Waals surface area contributed by atoms with Crippen LogP contribution in [0.1, 0.15) is 44.9 Å². The lowest BCUT2D eigenvalue weighted by atomic mass is 10.1. The van der Waals surface area contributed by atoms with Crippen LogP contribution in [0.5, 0.6) is 0 Å². The summed E-state index contributed by atoms with van der Waals surface area (Å²) >= 11 is 0. The third kappa shape index (κ3) is 3.90. The minimum absolute atomic E-state index is 0.123. The van der Waals surface area contributed by atoms with Gasteiger partial charge < -0.3 is 10.5 Å². The van der Waals surface area contributed by atoms with Gasteiger partial charge >= 0.3 is 0 Å². The largest absolute Gasteiger partial charge is 0.378 e. The van der Waals surface area contributed by atoms with Gasteiger partial charge in [0.2, 0.25) is 10.0 Å². The summed E-state index contributed by atoms with van der Waals surface area (Å²) in [5.41, 5.74) is 5.43. The third-order valence-corrected chi connectivity index (χ3v) is 6.59. The molecular formula is C13H26N2O3S. The minimum atomic E-state index is -3.05. The maximum atomic E-state index is 12.4. The first-order chi connectivity index (χ1) is 9.14. The summed E-state index contributed by atoms with van der Waals surface area (Å²) in [6, 6.07) is 0. The van der Waals surface area contributed by atoms with Crippen molar-refractivity contribution in [2.75, 3.05) is 26.2 Å². The van der Waals surface area contributed by atoms with Crippen molar-refractivity contribution in [1.82, 2.24) is 4.31 Å². The molecule has 1 saturated carbocycles. The number of hydrogen-bond donors (Lipinski definition) is 1. The number of nitrogens with zero attached hydrogens (tertiary/aromatic N) is 1. The maximum absolute atomic E-state index is 12.4. The Labute approximate surface area is 116 Å². The molecule has 0 aromatic heterocycles. The molecule has 2 aliphatic rings. The Hall–Kier alpha value is -0.170. The molecule has 2 fully saturated rings. The molecule has 0 aromatic carbocycles. The molecule has 1 heterocycles. The highest BCUT2D eigenvalue weighted by atomic mass is 32.2. The van der Waals surface area contributed by atoms with Crippen molar-refractivity contribution in [2.45, 2.75) is 56.3 Å². The Bertz CT molecular complexity index is 358. The number of piperidine rings is 1. The SMILES string of the molecule is NCCCOC1CCN(S(=O)(=O)C2CCCC2)CC1. The van der Waals surface area contributed by atoms with E-state index >= 15 is 0 Å². The first kappa shape index (κ1) is 15.2. The standard InChI is InChI=1S/C13H26N2O3S/c14-8-3-11-18-12-6-9-15(10-7-12)19(16,17)13-4-1-2-5-13/h12-13H,1-11,14H2. The topological polar surface area (TPSA) is 72.6 Å². The fourth-order valence-corrected chi connectivity index (χ4v) is 5.05. The van der Waals surface area contributed by atoms with Crippen molar-refractivity contribution in [3.05, 3.63) is 0 Å². The van der Waals surface area contributed by atoms with E-state index in [4.69, 9.17) is 10.5 Å². The third-order valence-electron chi connectivity index (χ3n) is 4.19. The monoisotopic (exact) mass is 290 g/mol. The zero-order valence-corrected chi connectivity index (χ0v) is 12.4. The summed E-state index contributed by atoms with van der Waals surface area (Å²) in [5, 5.41) is -0.123. The van der Waals surface area contributed by atoms with Crippen LogP contribution in [0, 0.1) is 0 Å². The molecule has 1 saturated heterocycles. The van der Waals surface area contributed by atoms with Crippen LogP contribution in [0.15, 0.2) is 0 Å². The van der Waals surface area contributed by atoms with Crippen molar-refractivity contribution in [3.8, 4) is 0 Å². The smallest absolute Gasteiger partial charge is 0.216 e. The van der Waals surface area contributed by atoms with Crippen LogP contribution >= 0.6 is 0 Å². The Balaban J connectivity index is 1.79. The predicted octanol–water partition coefficient (Wildman–Crippen LogP) is 1.09. The molecule has 0 atom stereocenters. The Morgan fingerprint density at radius 1 is 1.11 bits per heavy atom. The lowest BCUT2D eigenvalue weighted by Crippen LogP contribution is -2.44. The van der Waals surface area contributed by atoms with E-state index in [1.54, 1.807) is 4.31 Å². The lowest BCUT2D eigenvalue weighted by molar-refractivity contribution is 0.0207. The lowest BCUT2D eigenvalue weighted by Gasteiger charge is -2.32. The van der Waals surface area contributed by atoms with Gasteiger partial charge in [-0.1, -0.05) is 12.8 Å². The molecular weight excluding hydrogens is 264 g/mol. The molecule has 1 aliphatic carbocycles. The zero-order valence-electron chi connectivity index (χ0n) is 11.6. The number of rotatable bonds is 6. The highest BCUT2D eigenvalue weighted by Gasteiger charge is 2.36. The van der Waals surface area contributed by atoms with Gasteiger partial charge in [-0.3, -0.25) is 0 Å². The van der Waals surface area contributed by atoms with Crippen molar-refractivity contribution >= 4 is 10.0 Å². The second-order valence-electron chi connectivity index (χ2n) is 5.56. The average molecular weight is 290 g/mol. The van der Waals surface area contributed by atoms with Crippen LogP contribution in [0.2, 0.25) is 0 Å². The zero-order chi connectivity index (χ0) is 13.7. The number of sulfonamides is 1. The van der Waals surface area contributed by atoms with Crippen LogP contribution in [0.25, 0.3) is 0 Å². The second-order valence-corrected chi connectivity index (χ2v) is 7.78. The van der Waals surface area contributed by atoms with E-state index in [1.165, 1.54) is 0 Å². The summed E-state index contributed by atoms with van der Waals surface area (Å²) in [6.45, 7) is 2.57. The summed E-state index contributed by atoms with van der Waals surface area (Å²) in [6.07, 6.45) is 6.52. The maximum Gasteiger partial charge on any atom is 0.216 e. The predicted molar refractivity (Wildman–Crippen MR) is 75.4 cm³/mol. The molecule has 5 nitrogen and oxygen atoms in total. The first-order valence-corrected chi connectivity index (χ1v) is 8.95.